The molecule has 18 heavy (non-hydrogen) atoms. The molecule has 0 radical (unpaired) electrons. The first-order chi connectivity index (χ1) is 8.74. The topological polar surface area (TPSA) is 41.5 Å². The van der Waals surface area contributed by atoms with E-state index < -0.39 is 0 Å². The minimum Gasteiger partial charge on any atom is -0.267 e. The van der Waals surface area contributed by atoms with Crippen LogP contribution in [0.5, 0.6) is 0 Å². The lowest BCUT2D eigenvalue weighted by Crippen LogP contribution is -2.22. The van der Waals surface area contributed by atoms with Crippen molar-refractivity contribution in [3.05, 3.63) is 34.3 Å². The molecule has 2 saturated carbocycles. The summed E-state index contributed by atoms with van der Waals surface area (Å²) in [6.45, 7) is 0. The molecule has 3 rings (SSSR count). The lowest BCUT2D eigenvalue weighted by molar-refractivity contribution is 0.0953. The zero-order valence-corrected chi connectivity index (χ0v) is 11.6. The van der Waals surface area contributed by atoms with Crippen molar-refractivity contribution in [2.24, 2.45) is 16.9 Å². The SMILES string of the molecule is O=C(N/N=C1\C[C@H]2CC[C@@H]1C2)c1ccccc1Br. The van der Waals surface area contributed by atoms with Crippen molar-refractivity contribution in [2.45, 2.75) is 25.7 Å². The monoisotopic (exact) mass is 306 g/mol. The molecule has 2 atom stereocenters. The zero-order chi connectivity index (χ0) is 12.5. The normalized spacial score (nSPS) is 27.7. The molecule has 1 aromatic carbocycles. The predicted molar refractivity (Wildman–Crippen MR) is 74.5 cm³/mol. The summed E-state index contributed by atoms with van der Waals surface area (Å²) < 4.78 is 0.802. The van der Waals surface area contributed by atoms with Gasteiger partial charge in [0, 0.05) is 10.2 Å². The summed E-state index contributed by atoms with van der Waals surface area (Å²) in [4.78, 5) is 12.0. The summed E-state index contributed by atoms with van der Waals surface area (Å²) in [6, 6.07) is 7.40. The van der Waals surface area contributed by atoms with Crippen LogP contribution >= 0.6 is 15.9 Å². The molecular weight excluding hydrogens is 292 g/mol. The number of carbonyl (C=O) groups excluding carboxylic acids is 1. The summed E-state index contributed by atoms with van der Waals surface area (Å²) in [5, 5.41) is 4.32. The van der Waals surface area contributed by atoms with Gasteiger partial charge in [0.25, 0.3) is 5.91 Å². The number of nitrogens with one attached hydrogen (secondary N) is 1. The maximum absolute atomic E-state index is 12.0. The summed E-state index contributed by atoms with van der Waals surface area (Å²) in [6.07, 6.45) is 4.92. The Morgan fingerprint density at radius 3 is 2.83 bits per heavy atom. The average Bonchev–Trinajstić information content (AvgIpc) is 2.98. The molecule has 0 aliphatic heterocycles. The van der Waals surface area contributed by atoms with Crippen LogP contribution < -0.4 is 5.43 Å². The van der Waals surface area contributed by atoms with E-state index >= 15 is 0 Å². The van der Waals surface area contributed by atoms with Crippen molar-refractivity contribution in [1.29, 1.82) is 0 Å². The number of amides is 1. The average molecular weight is 307 g/mol. The Morgan fingerprint density at radius 1 is 1.33 bits per heavy atom. The second-order valence-corrected chi connectivity index (χ2v) is 5.96. The number of hydrazone groups is 1. The Labute approximate surface area is 115 Å². The maximum atomic E-state index is 12.0. The van der Waals surface area contributed by atoms with Gasteiger partial charge < -0.3 is 0 Å². The van der Waals surface area contributed by atoms with Gasteiger partial charge in [0.2, 0.25) is 0 Å². The Morgan fingerprint density at radius 2 is 2.17 bits per heavy atom. The molecule has 2 aliphatic rings. The largest absolute Gasteiger partial charge is 0.272 e. The van der Waals surface area contributed by atoms with Crippen LogP contribution in [0.1, 0.15) is 36.0 Å². The summed E-state index contributed by atoms with van der Waals surface area (Å²) >= 11 is 3.37. The van der Waals surface area contributed by atoms with Crippen LogP contribution in [-0.4, -0.2) is 11.6 Å². The number of benzene rings is 1. The van der Waals surface area contributed by atoms with Crippen molar-refractivity contribution >= 4 is 27.5 Å². The molecule has 0 unspecified atom stereocenters. The van der Waals surface area contributed by atoms with Gasteiger partial charge in [0.05, 0.1) is 5.56 Å². The van der Waals surface area contributed by atoms with E-state index in [0.29, 0.717) is 11.5 Å². The third-order valence-electron chi connectivity index (χ3n) is 3.93. The van der Waals surface area contributed by atoms with Gasteiger partial charge in [-0.15, -0.1) is 0 Å². The molecule has 2 aliphatic carbocycles. The molecule has 0 aromatic heterocycles. The van der Waals surface area contributed by atoms with Gasteiger partial charge in [-0.3, -0.25) is 4.79 Å². The highest BCUT2D eigenvalue weighted by molar-refractivity contribution is 9.10. The van der Waals surface area contributed by atoms with E-state index in [-0.39, 0.29) is 5.91 Å². The third-order valence-corrected chi connectivity index (χ3v) is 4.62. The number of halogens is 1. The van der Waals surface area contributed by atoms with Crippen molar-refractivity contribution in [1.82, 2.24) is 5.43 Å². The second kappa shape index (κ2) is 4.84. The summed E-state index contributed by atoms with van der Waals surface area (Å²) in [5.74, 6) is 1.29. The van der Waals surface area contributed by atoms with Crippen LogP contribution in [0, 0.1) is 11.8 Å². The van der Waals surface area contributed by atoms with Crippen LogP contribution in [0.2, 0.25) is 0 Å². The van der Waals surface area contributed by atoms with E-state index in [9.17, 15) is 4.79 Å². The number of fused-ring (bicyclic) bond motifs is 2. The standard InChI is InChI=1S/C14H15BrN2O/c15-12-4-2-1-3-11(12)14(18)17-16-13-8-9-5-6-10(13)7-9/h1-4,9-10H,5-8H2,(H,17,18)/b16-13+/t9-,10+/m0/s1. The highest BCUT2D eigenvalue weighted by Crippen LogP contribution is 2.42. The number of carbonyl (C=O) groups is 1. The molecule has 4 heteroatoms. The van der Waals surface area contributed by atoms with Crippen molar-refractivity contribution in [3.8, 4) is 0 Å². The molecule has 2 fully saturated rings. The molecule has 3 nitrogen and oxygen atoms in total. The molecule has 0 spiro atoms. The van der Waals surface area contributed by atoms with Crippen LogP contribution in [0.15, 0.2) is 33.8 Å². The molecule has 2 bridgehead atoms. The smallest absolute Gasteiger partial charge is 0.267 e. The first-order valence-corrected chi connectivity index (χ1v) is 7.14. The van der Waals surface area contributed by atoms with Gasteiger partial charge in [-0.1, -0.05) is 12.1 Å². The van der Waals surface area contributed by atoms with E-state index in [0.717, 1.165) is 16.8 Å². The number of hydrogen-bond acceptors (Lipinski definition) is 2. The first kappa shape index (κ1) is 11.9. The van der Waals surface area contributed by atoms with Crippen LogP contribution in [0.25, 0.3) is 0 Å². The van der Waals surface area contributed by atoms with Gasteiger partial charge in [0.15, 0.2) is 0 Å². The highest BCUT2D eigenvalue weighted by Gasteiger charge is 2.36. The van der Waals surface area contributed by atoms with Crippen molar-refractivity contribution in [2.75, 3.05) is 0 Å². The Balaban J connectivity index is 1.69. The van der Waals surface area contributed by atoms with E-state index in [1.165, 1.54) is 25.0 Å². The predicted octanol–water partition coefficient (Wildman–Crippen LogP) is 3.35. The Kier molecular flexibility index (Phi) is 3.20. The Bertz CT molecular complexity index is 512. The van der Waals surface area contributed by atoms with Gasteiger partial charge in [0.1, 0.15) is 0 Å². The van der Waals surface area contributed by atoms with E-state index in [2.05, 4.69) is 26.5 Å². The second-order valence-electron chi connectivity index (χ2n) is 5.10. The fourth-order valence-electron chi connectivity index (χ4n) is 2.99. The molecule has 1 N–H and O–H groups in total. The van der Waals surface area contributed by atoms with E-state index in [1.54, 1.807) is 6.07 Å². The molecule has 1 aromatic rings. The Hall–Kier alpha value is -1.16. The summed E-state index contributed by atoms with van der Waals surface area (Å²) in [5.41, 5.74) is 4.50. The quantitative estimate of drug-likeness (QED) is 0.836. The fraction of sp³-hybridized carbons (Fsp3) is 0.429. The van der Waals surface area contributed by atoms with Gasteiger partial charge in [-0.25, -0.2) is 5.43 Å². The van der Waals surface area contributed by atoms with Gasteiger partial charge in [-0.2, -0.15) is 5.10 Å². The third kappa shape index (κ3) is 2.21. The first-order valence-electron chi connectivity index (χ1n) is 6.35. The van der Waals surface area contributed by atoms with Gasteiger partial charge >= 0.3 is 0 Å². The van der Waals surface area contributed by atoms with Crippen LogP contribution in [-0.2, 0) is 0 Å². The molecular formula is C14H15BrN2O. The molecule has 0 heterocycles. The fourth-order valence-corrected chi connectivity index (χ4v) is 3.46. The maximum Gasteiger partial charge on any atom is 0.272 e. The lowest BCUT2D eigenvalue weighted by atomic mass is 9.99. The lowest BCUT2D eigenvalue weighted by Gasteiger charge is -2.11. The number of nitrogens with zero attached hydrogens (tertiary/aromatic N) is 1. The van der Waals surface area contributed by atoms with Crippen LogP contribution in [0.3, 0.4) is 0 Å². The van der Waals surface area contributed by atoms with Crippen molar-refractivity contribution < 1.29 is 4.79 Å². The van der Waals surface area contributed by atoms with Gasteiger partial charge in [-0.05, 0) is 65.6 Å². The molecule has 0 saturated heterocycles. The van der Waals surface area contributed by atoms with E-state index in [1.807, 2.05) is 18.2 Å². The minimum absolute atomic E-state index is 0.141. The molecule has 1 amide bonds. The molecule has 94 valence electrons. The number of hydrogen-bond donors (Lipinski definition) is 1. The summed E-state index contributed by atoms with van der Waals surface area (Å²) in [7, 11) is 0. The zero-order valence-electron chi connectivity index (χ0n) is 10.0. The van der Waals surface area contributed by atoms with Crippen LogP contribution in [0.4, 0.5) is 0 Å². The van der Waals surface area contributed by atoms with Crippen molar-refractivity contribution in [3.63, 3.8) is 0 Å². The van der Waals surface area contributed by atoms with E-state index in [4.69, 9.17) is 0 Å². The minimum atomic E-state index is -0.141. The highest BCUT2D eigenvalue weighted by atomic mass is 79.9. The number of rotatable bonds is 2.